The van der Waals surface area contributed by atoms with E-state index in [1.165, 1.54) is 19.3 Å². The zero-order valence-corrected chi connectivity index (χ0v) is 11.6. The van der Waals surface area contributed by atoms with Crippen molar-refractivity contribution in [1.82, 2.24) is 15.0 Å². The molecule has 3 rings (SSSR count). The summed E-state index contributed by atoms with van der Waals surface area (Å²) < 4.78 is 11.2. The lowest BCUT2D eigenvalue weighted by molar-refractivity contribution is 0.121. The molecule has 2 fully saturated rings. The van der Waals surface area contributed by atoms with Crippen molar-refractivity contribution in [2.24, 2.45) is 0 Å². The topological polar surface area (TPSA) is 86.4 Å². The van der Waals surface area contributed by atoms with Gasteiger partial charge in [-0.15, -0.1) is 0 Å². The van der Waals surface area contributed by atoms with Gasteiger partial charge in [-0.3, -0.25) is 0 Å². The maximum atomic E-state index is 5.87. The molecule has 1 aliphatic heterocycles. The summed E-state index contributed by atoms with van der Waals surface area (Å²) in [6.07, 6.45) is 6.06. The van der Waals surface area contributed by atoms with E-state index >= 15 is 0 Å². The Labute approximate surface area is 118 Å². The molecule has 1 aromatic rings. The first-order valence-corrected chi connectivity index (χ1v) is 7.32. The minimum atomic E-state index is 0.211. The third-order valence-electron chi connectivity index (χ3n) is 3.74. The van der Waals surface area contributed by atoms with Crippen LogP contribution in [0.3, 0.4) is 0 Å². The Morgan fingerprint density at radius 1 is 1.05 bits per heavy atom. The molecule has 1 saturated heterocycles. The van der Waals surface area contributed by atoms with E-state index in [0.717, 1.165) is 25.9 Å². The number of nitrogen functional groups attached to an aromatic ring is 1. The lowest BCUT2D eigenvalue weighted by Crippen LogP contribution is -2.37. The molecule has 1 aromatic heterocycles. The van der Waals surface area contributed by atoms with Crippen LogP contribution in [0.1, 0.15) is 32.1 Å². The third kappa shape index (κ3) is 3.27. The van der Waals surface area contributed by atoms with Gasteiger partial charge in [-0.05, 0) is 25.7 Å². The van der Waals surface area contributed by atoms with Crippen molar-refractivity contribution in [3.63, 3.8) is 0 Å². The second-order valence-electron chi connectivity index (χ2n) is 5.25. The third-order valence-corrected chi connectivity index (χ3v) is 3.74. The summed E-state index contributed by atoms with van der Waals surface area (Å²) in [5, 5.41) is 0. The Morgan fingerprint density at radius 3 is 2.55 bits per heavy atom. The molecule has 1 saturated carbocycles. The summed E-state index contributed by atoms with van der Waals surface area (Å²) in [5.74, 6) is 0.805. The lowest BCUT2D eigenvalue weighted by Gasteiger charge is -2.27. The Kier molecular flexibility index (Phi) is 4.15. The highest BCUT2D eigenvalue weighted by molar-refractivity contribution is 5.36. The molecule has 2 aliphatic rings. The van der Waals surface area contributed by atoms with Gasteiger partial charge >= 0.3 is 6.01 Å². The predicted octanol–water partition coefficient (Wildman–Crippen LogP) is 1.00. The van der Waals surface area contributed by atoms with Crippen LogP contribution < -0.4 is 15.4 Å². The van der Waals surface area contributed by atoms with Crippen LogP contribution in [0.4, 0.5) is 11.9 Å². The number of nitrogens with two attached hydrogens (primary N) is 1. The van der Waals surface area contributed by atoms with Crippen molar-refractivity contribution in [2.75, 3.05) is 36.9 Å². The molecule has 20 heavy (non-hydrogen) atoms. The van der Waals surface area contributed by atoms with Crippen molar-refractivity contribution >= 4 is 11.9 Å². The summed E-state index contributed by atoms with van der Waals surface area (Å²) in [5.41, 5.74) is 5.77. The van der Waals surface area contributed by atoms with Crippen LogP contribution in [-0.4, -0.2) is 47.4 Å². The molecule has 0 aromatic carbocycles. The van der Waals surface area contributed by atoms with Gasteiger partial charge in [-0.1, -0.05) is 6.42 Å². The van der Waals surface area contributed by atoms with E-state index in [-0.39, 0.29) is 12.1 Å². The molecule has 2 heterocycles. The summed E-state index contributed by atoms with van der Waals surface area (Å²) >= 11 is 0. The summed E-state index contributed by atoms with van der Waals surface area (Å²) in [4.78, 5) is 14.7. The Bertz CT molecular complexity index is 444. The fourth-order valence-electron chi connectivity index (χ4n) is 2.65. The zero-order chi connectivity index (χ0) is 13.8. The molecule has 0 amide bonds. The lowest BCUT2D eigenvalue weighted by atomic mass is 9.98. The van der Waals surface area contributed by atoms with Crippen LogP contribution in [0.5, 0.6) is 6.01 Å². The smallest absolute Gasteiger partial charge is 0.323 e. The van der Waals surface area contributed by atoms with Crippen LogP contribution in [0.25, 0.3) is 0 Å². The fourth-order valence-corrected chi connectivity index (χ4v) is 2.65. The van der Waals surface area contributed by atoms with Gasteiger partial charge in [0.2, 0.25) is 11.9 Å². The molecule has 0 radical (unpaired) electrons. The number of ether oxygens (including phenoxy) is 2. The molecule has 0 atom stereocenters. The van der Waals surface area contributed by atoms with Gasteiger partial charge in [0.05, 0.1) is 13.2 Å². The molecule has 0 bridgehead atoms. The molecule has 0 unspecified atom stereocenters. The van der Waals surface area contributed by atoms with E-state index in [4.69, 9.17) is 15.2 Å². The van der Waals surface area contributed by atoms with Crippen molar-refractivity contribution in [3.8, 4) is 6.01 Å². The summed E-state index contributed by atoms with van der Waals surface area (Å²) in [6.45, 7) is 2.91. The van der Waals surface area contributed by atoms with Crippen LogP contribution in [0.15, 0.2) is 0 Å². The monoisotopic (exact) mass is 279 g/mol. The average molecular weight is 279 g/mol. The van der Waals surface area contributed by atoms with E-state index in [1.807, 2.05) is 0 Å². The van der Waals surface area contributed by atoms with Crippen LogP contribution in [-0.2, 0) is 4.74 Å². The zero-order valence-electron chi connectivity index (χ0n) is 11.6. The molecule has 0 spiro atoms. The van der Waals surface area contributed by atoms with Gasteiger partial charge in [0.1, 0.15) is 6.10 Å². The number of nitrogens with zero attached hydrogens (tertiary/aromatic N) is 4. The first-order valence-electron chi connectivity index (χ1n) is 7.32. The molecular formula is C13H21N5O2. The molecular weight excluding hydrogens is 258 g/mol. The van der Waals surface area contributed by atoms with E-state index < -0.39 is 0 Å². The van der Waals surface area contributed by atoms with Crippen LogP contribution >= 0.6 is 0 Å². The molecule has 1 aliphatic carbocycles. The van der Waals surface area contributed by atoms with Gasteiger partial charge in [0.15, 0.2) is 0 Å². The fraction of sp³-hybridized carbons (Fsp3) is 0.769. The molecule has 2 N–H and O–H groups in total. The van der Waals surface area contributed by atoms with E-state index in [0.29, 0.717) is 25.2 Å². The predicted molar refractivity (Wildman–Crippen MR) is 74.8 cm³/mol. The van der Waals surface area contributed by atoms with Crippen molar-refractivity contribution < 1.29 is 9.47 Å². The Balaban J connectivity index is 1.71. The normalized spacial score (nSPS) is 20.9. The number of hydrogen-bond donors (Lipinski definition) is 1. The number of hydrogen-bond acceptors (Lipinski definition) is 7. The minimum absolute atomic E-state index is 0.211. The first-order chi connectivity index (χ1) is 9.81. The van der Waals surface area contributed by atoms with Gasteiger partial charge < -0.3 is 20.1 Å². The summed E-state index contributed by atoms with van der Waals surface area (Å²) in [7, 11) is 0. The van der Waals surface area contributed by atoms with E-state index in [9.17, 15) is 0 Å². The number of morpholine rings is 1. The van der Waals surface area contributed by atoms with Gasteiger partial charge in [-0.2, -0.15) is 15.0 Å². The standard InChI is InChI=1S/C13H21N5O2/c14-11-15-12(18-6-8-19-9-7-18)17-13(16-11)20-10-4-2-1-3-5-10/h10H,1-9H2,(H2,14,15,16,17). The van der Waals surface area contributed by atoms with E-state index in [2.05, 4.69) is 19.9 Å². The van der Waals surface area contributed by atoms with Crippen molar-refractivity contribution in [3.05, 3.63) is 0 Å². The Morgan fingerprint density at radius 2 is 1.80 bits per heavy atom. The molecule has 7 heteroatoms. The largest absolute Gasteiger partial charge is 0.460 e. The maximum Gasteiger partial charge on any atom is 0.323 e. The first kappa shape index (κ1) is 13.4. The van der Waals surface area contributed by atoms with Crippen LogP contribution in [0, 0.1) is 0 Å². The Hall–Kier alpha value is -1.63. The second kappa shape index (κ2) is 6.21. The van der Waals surface area contributed by atoms with Crippen molar-refractivity contribution in [2.45, 2.75) is 38.2 Å². The average Bonchev–Trinajstić information content (AvgIpc) is 2.49. The second-order valence-corrected chi connectivity index (χ2v) is 5.25. The molecule has 7 nitrogen and oxygen atoms in total. The number of anilines is 2. The highest BCUT2D eigenvalue weighted by atomic mass is 16.5. The molecule has 110 valence electrons. The highest BCUT2D eigenvalue weighted by Crippen LogP contribution is 2.22. The summed E-state index contributed by atoms with van der Waals surface area (Å²) in [6, 6.07) is 0.353. The minimum Gasteiger partial charge on any atom is -0.460 e. The van der Waals surface area contributed by atoms with Gasteiger partial charge in [0, 0.05) is 13.1 Å². The van der Waals surface area contributed by atoms with E-state index in [1.54, 1.807) is 0 Å². The van der Waals surface area contributed by atoms with Crippen LogP contribution in [0.2, 0.25) is 0 Å². The van der Waals surface area contributed by atoms with Gasteiger partial charge in [-0.25, -0.2) is 0 Å². The van der Waals surface area contributed by atoms with Crippen molar-refractivity contribution in [1.29, 1.82) is 0 Å². The maximum absolute atomic E-state index is 5.87. The quantitative estimate of drug-likeness (QED) is 0.883. The highest BCUT2D eigenvalue weighted by Gasteiger charge is 2.19. The number of rotatable bonds is 3. The number of aromatic nitrogens is 3. The SMILES string of the molecule is Nc1nc(OC2CCCCC2)nc(N2CCOCC2)n1. The van der Waals surface area contributed by atoms with Gasteiger partial charge in [0.25, 0.3) is 0 Å².